The van der Waals surface area contributed by atoms with Crippen molar-refractivity contribution in [3.05, 3.63) is 30.2 Å². The molecule has 0 spiro atoms. The van der Waals surface area contributed by atoms with Crippen molar-refractivity contribution >= 4 is 23.9 Å². The number of carbonyl (C=O) groups excluding carboxylic acids is 2. The number of alkyl halides is 1. The molecule has 190 valence electrons. The number of aromatic nitrogens is 1. The van der Waals surface area contributed by atoms with Crippen molar-refractivity contribution in [2.45, 2.75) is 51.0 Å². The minimum absolute atomic E-state index is 0.0426. The number of nitrogens with one attached hydrogen (secondary N) is 2. The minimum Gasteiger partial charge on any atom is -0.473 e. The van der Waals surface area contributed by atoms with Gasteiger partial charge >= 0.3 is 6.09 Å². The summed E-state index contributed by atoms with van der Waals surface area (Å²) in [5.41, 5.74) is -0.886. The number of ether oxygens (including phenoxy) is 2. The molecule has 1 aliphatic rings. The highest BCUT2D eigenvalue weighted by Gasteiger charge is 2.36. The van der Waals surface area contributed by atoms with E-state index in [1.807, 2.05) is 13.0 Å². The number of halogens is 2. The van der Waals surface area contributed by atoms with Crippen molar-refractivity contribution in [2.75, 3.05) is 39.5 Å². The lowest BCUT2D eigenvalue weighted by molar-refractivity contribution is -0.132. The van der Waals surface area contributed by atoms with Gasteiger partial charge in [-0.15, -0.1) is 0 Å². The molecule has 2 heterocycles. The summed E-state index contributed by atoms with van der Waals surface area (Å²) in [4.78, 5) is 29.1. The van der Waals surface area contributed by atoms with Gasteiger partial charge in [-0.05, 0) is 51.6 Å². The molecule has 0 atom stereocenters. The minimum atomic E-state index is -0.636. The fraction of sp³-hybridized carbons (Fsp3) is 0.609. The first kappa shape index (κ1) is 27.8. The number of nitrogens with zero attached hydrogens (tertiary/aromatic N) is 2. The number of rotatable bonds is 10. The molecule has 0 radical (unpaired) electrons. The van der Waals surface area contributed by atoms with Gasteiger partial charge in [0.1, 0.15) is 18.9 Å². The number of amides is 2. The third kappa shape index (κ3) is 9.46. The Bertz CT molecular complexity index is 838. The molecule has 0 bridgehead atoms. The number of piperidine rings is 1. The molecule has 2 N–H and O–H groups in total. The van der Waals surface area contributed by atoms with Gasteiger partial charge in [0.25, 0.3) is 0 Å². The average molecular weight is 501 g/mol. The Labute approximate surface area is 204 Å². The third-order valence-corrected chi connectivity index (χ3v) is 6.19. The van der Waals surface area contributed by atoms with E-state index in [2.05, 4.69) is 19.9 Å². The molecule has 8 nitrogen and oxygen atoms in total. The largest absolute Gasteiger partial charge is 0.473 e. The number of hydrogen-bond donors (Lipinski definition) is 2. The molecule has 2 amide bonds. The summed E-state index contributed by atoms with van der Waals surface area (Å²) < 4.78 is 38.2. The quantitative estimate of drug-likeness (QED) is 0.469. The van der Waals surface area contributed by atoms with Crippen LogP contribution in [0.2, 0.25) is 0 Å². The predicted molar refractivity (Wildman–Crippen MR) is 127 cm³/mol. The van der Waals surface area contributed by atoms with Crippen molar-refractivity contribution < 1.29 is 27.8 Å². The number of alkyl carbamates (subject to hydrolysis) is 1. The van der Waals surface area contributed by atoms with Crippen molar-refractivity contribution in [1.29, 1.82) is 0 Å². The molecule has 1 aliphatic heterocycles. The smallest absolute Gasteiger partial charge is 0.407 e. The molecule has 1 saturated heterocycles. The Kier molecular flexibility index (Phi) is 10.6. The maximum atomic E-state index is 13.1. The first-order valence-corrected chi connectivity index (χ1v) is 11.9. The van der Waals surface area contributed by atoms with Crippen LogP contribution in [0.15, 0.2) is 35.1 Å². The first-order valence-electron chi connectivity index (χ1n) is 11.2. The lowest BCUT2D eigenvalue weighted by atomic mass is 9.80. The molecule has 1 fully saturated rings. The van der Waals surface area contributed by atoms with Gasteiger partial charge in [-0.1, -0.05) is 6.92 Å². The summed E-state index contributed by atoms with van der Waals surface area (Å²) in [6.07, 6.45) is 2.79. The molecular formula is C23H34F2N4O4S. The summed E-state index contributed by atoms with van der Waals surface area (Å²) in [7, 11) is 0. The van der Waals surface area contributed by atoms with E-state index in [0.29, 0.717) is 25.1 Å². The van der Waals surface area contributed by atoms with E-state index in [4.69, 9.17) is 9.47 Å². The van der Waals surface area contributed by atoms with Gasteiger partial charge in [0.2, 0.25) is 11.8 Å². The molecule has 1 aromatic heterocycles. The van der Waals surface area contributed by atoms with Gasteiger partial charge in [0.15, 0.2) is 0 Å². The van der Waals surface area contributed by atoms with E-state index in [1.165, 1.54) is 11.9 Å². The van der Waals surface area contributed by atoms with Crippen LogP contribution in [0.3, 0.4) is 0 Å². The van der Waals surface area contributed by atoms with Crippen LogP contribution in [0.1, 0.15) is 40.5 Å². The number of carbonyl (C=O) groups is 2. The Morgan fingerprint density at radius 3 is 2.53 bits per heavy atom. The monoisotopic (exact) mass is 500 g/mol. The maximum Gasteiger partial charge on any atom is 0.407 e. The van der Waals surface area contributed by atoms with Gasteiger partial charge < -0.3 is 20.1 Å². The Hall–Kier alpha value is -2.40. The first-order chi connectivity index (χ1) is 16.0. The topological polar surface area (TPSA) is 92.8 Å². The molecule has 0 unspecified atom stereocenters. The summed E-state index contributed by atoms with van der Waals surface area (Å²) in [6.45, 7) is 7.96. The van der Waals surface area contributed by atoms with Gasteiger partial charge in [0.05, 0.1) is 6.33 Å². The maximum absolute atomic E-state index is 13.1. The average Bonchev–Trinajstić information content (AvgIpc) is 2.79. The Morgan fingerprint density at radius 1 is 1.26 bits per heavy atom. The van der Waals surface area contributed by atoms with E-state index in [-0.39, 0.29) is 31.2 Å². The molecule has 11 heteroatoms. The van der Waals surface area contributed by atoms with E-state index >= 15 is 0 Å². The Morgan fingerprint density at radius 2 is 1.97 bits per heavy atom. The standard InChI is InChI=1S/C23H34F2N4O4S/c1-22(2,3)33-21(31)28-14-17(13-25)16-32-19-6-5-18(15-27-19)34-29-11-7-23(4,8-12-29)20(30)26-10-9-24/h5-6,13,15H,7-12,14,16H2,1-4H3,(H,26,30)(H,28,31)/b17-13+. The fourth-order valence-electron chi connectivity index (χ4n) is 3.12. The number of pyridine rings is 1. The van der Waals surface area contributed by atoms with Gasteiger partial charge in [-0.25, -0.2) is 22.9 Å². The molecule has 1 aromatic rings. The van der Waals surface area contributed by atoms with Crippen LogP contribution in [-0.2, 0) is 9.53 Å². The molecule has 0 aliphatic carbocycles. The molecular weight excluding hydrogens is 466 g/mol. The molecule has 0 aromatic carbocycles. The SMILES string of the molecule is CC(C)(C)OC(=O)NC/C(=C\F)COc1ccc(SN2CCC(C)(C(=O)NCCF)CC2)cn1. The normalized spacial score (nSPS) is 16.6. The van der Waals surface area contributed by atoms with Gasteiger partial charge in [-0.3, -0.25) is 4.79 Å². The predicted octanol–water partition coefficient (Wildman–Crippen LogP) is 4.03. The number of hydrogen-bond acceptors (Lipinski definition) is 7. The summed E-state index contributed by atoms with van der Waals surface area (Å²) in [6, 6.07) is 3.55. The van der Waals surface area contributed by atoms with Crippen LogP contribution in [0.5, 0.6) is 5.88 Å². The highest BCUT2D eigenvalue weighted by Crippen LogP contribution is 2.35. The van der Waals surface area contributed by atoms with E-state index in [9.17, 15) is 18.4 Å². The zero-order chi connectivity index (χ0) is 25.2. The molecule has 0 saturated carbocycles. The van der Waals surface area contributed by atoms with Crippen molar-refractivity contribution in [1.82, 2.24) is 19.9 Å². The van der Waals surface area contributed by atoms with Crippen molar-refractivity contribution in [3.8, 4) is 5.88 Å². The van der Waals surface area contributed by atoms with E-state index in [1.54, 1.807) is 33.0 Å². The zero-order valence-electron chi connectivity index (χ0n) is 20.2. The van der Waals surface area contributed by atoms with Crippen LogP contribution < -0.4 is 15.4 Å². The van der Waals surface area contributed by atoms with E-state index in [0.717, 1.165) is 18.0 Å². The van der Waals surface area contributed by atoms with Crippen molar-refractivity contribution in [3.63, 3.8) is 0 Å². The second-order valence-corrected chi connectivity index (χ2v) is 10.4. The van der Waals surface area contributed by atoms with Crippen LogP contribution >= 0.6 is 11.9 Å². The summed E-state index contributed by atoms with van der Waals surface area (Å²) in [5, 5.41) is 5.13. The van der Waals surface area contributed by atoms with Gasteiger partial charge in [0, 0.05) is 54.3 Å². The van der Waals surface area contributed by atoms with Gasteiger partial charge in [-0.2, -0.15) is 0 Å². The molecule has 34 heavy (non-hydrogen) atoms. The van der Waals surface area contributed by atoms with Crippen LogP contribution in [0.25, 0.3) is 0 Å². The van der Waals surface area contributed by atoms with Crippen LogP contribution in [0.4, 0.5) is 13.6 Å². The highest BCUT2D eigenvalue weighted by molar-refractivity contribution is 7.97. The van der Waals surface area contributed by atoms with Crippen LogP contribution in [0, 0.1) is 5.41 Å². The third-order valence-electron chi connectivity index (χ3n) is 5.12. The zero-order valence-corrected chi connectivity index (χ0v) is 21.0. The fourth-order valence-corrected chi connectivity index (χ4v) is 4.01. The van der Waals surface area contributed by atoms with Crippen LogP contribution in [-0.4, -0.2) is 66.4 Å². The lowest BCUT2D eigenvalue weighted by Gasteiger charge is -2.37. The molecule has 2 rings (SSSR count). The highest BCUT2D eigenvalue weighted by atomic mass is 32.2. The summed E-state index contributed by atoms with van der Waals surface area (Å²) in [5.74, 6) is 0.234. The second-order valence-electron chi connectivity index (χ2n) is 9.27. The summed E-state index contributed by atoms with van der Waals surface area (Å²) >= 11 is 1.54. The lowest BCUT2D eigenvalue weighted by Crippen LogP contribution is -2.46. The Balaban J connectivity index is 1.76. The second kappa shape index (κ2) is 12.9. The van der Waals surface area contributed by atoms with E-state index < -0.39 is 23.8 Å². The van der Waals surface area contributed by atoms with Crippen molar-refractivity contribution in [2.24, 2.45) is 5.41 Å².